The Morgan fingerprint density at radius 2 is 1.53 bits per heavy atom. The molecule has 0 aliphatic carbocycles. The van der Waals surface area contributed by atoms with E-state index in [-0.39, 0.29) is 16.8 Å². The molecule has 2 N–H and O–H groups in total. The monoisotopic (exact) mass is 456 g/mol. The van der Waals surface area contributed by atoms with Gasteiger partial charge in [0.15, 0.2) is 0 Å². The lowest BCUT2D eigenvalue weighted by Gasteiger charge is -2.31. The first-order valence-electron chi connectivity index (χ1n) is 11.4. The summed E-state index contributed by atoms with van der Waals surface area (Å²) in [5.74, 6) is -0.0426. The van der Waals surface area contributed by atoms with E-state index in [0.717, 1.165) is 18.8 Å². The Hall–Kier alpha value is -2.42. The van der Waals surface area contributed by atoms with Crippen LogP contribution in [0.15, 0.2) is 59.5 Å². The number of benzene rings is 2. The Morgan fingerprint density at radius 3 is 2.19 bits per heavy atom. The van der Waals surface area contributed by atoms with Gasteiger partial charge in [-0.25, -0.2) is 13.1 Å². The van der Waals surface area contributed by atoms with Crippen LogP contribution in [0.1, 0.15) is 32.1 Å². The van der Waals surface area contributed by atoms with Crippen molar-refractivity contribution < 1.29 is 13.2 Å². The van der Waals surface area contributed by atoms with Crippen LogP contribution in [0.5, 0.6) is 0 Å². The Balaban J connectivity index is 1.21. The van der Waals surface area contributed by atoms with Crippen molar-refractivity contribution in [1.29, 1.82) is 0 Å². The third-order valence-corrected chi connectivity index (χ3v) is 7.74. The zero-order valence-corrected chi connectivity index (χ0v) is 19.2. The molecule has 0 spiro atoms. The second-order valence-electron chi connectivity index (χ2n) is 8.63. The first-order chi connectivity index (χ1) is 15.5. The van der Waals surface area contributed by atoms with E-state index in [0.29, 0.717) is 32.5 Å². The minimum atomic E-state index is -3.50. The van der Waals surface area contributed by atoms with Crippen LogP contribution in [0, 0.1) is 0 Å². The van der Waals surface area contributed by atoms with E-state index in [2.05, 4.69) is 32.0 Å². The molecule has 7 nitrogen and oxygen atoms in total. The molecular weight excluding hydrogens is 424 g/mol. The van der Waals surface area contributed by atoms with Crippen LogP contribution in [0.4, 0.5) is 11.4 Å². The topological polar surface area (TPSA) is 81.8 Å². The van der Waals surface area contributed by atoms with Crippen LogP contribution in [-0.4, -0.2) is 58.0 Å². The zero-order chi connectivity index (χ0) is 22.4. The number of nitrogens with one attached hydrogen (secondary N) is 2. The van der Waals surface area contributed by atoms with Gasteiger partial charge in [-0.2, -0.15) is 0 Å². The van der Waals surface area contributed by atoms with Gasteiger partial charge >= 0.3 is 0 Å². The van der Waals surface area contributed by atoms with Gasteiger partial charge in [-0.15, -0.1) is 0 Å². The van der Waals surface area contributed by atoms with E-state index >= 15 is 0 Å². The predicted molar refractivity (Wildman–Crippen MR) is 127 cm³/mol. The molecule has 0 atom stereocenters. The lowest BCUT2D eigenvalue weighted by atomic mass is 10.1. The summed E-state index contributed by atoms with van der Waals surface area (Å²) >= 11 is 0. The highest BCUT2D eigenvalue weighted by Crippen LogP contribution is 2.22. The van der Waals surface area contributed by atoms with E-state index in [1.165, 1.54) is 24.9 Å². The SMILES string of the molecule is O=C(CN1CCC(NS(=O)(=O)c2ccccc2)CC1)Nc1ccc(N2CCCCC2)cc1. The maximum absolute atomic E-state index is 12.5. The van der Waals surface area contributed by atoms with Crippen molar-refractivity contribution in [2.45, 2.75) is 43.0 Å². The summed E-state index contributed by atoms with van der Waals surface area (Å²) in [6.07, 6.45) is 5.15. The Morgan fingerprint density at radius 1 is 0.875 bits per heavy atom. The third kappa shape index (κ3) is 6.09. The molecule has 2 heterocycles. The van der Waals surface area contributed by atoms with E-state index in [1.807, 2.05) is 12.1 Å². The Labute approximate surface area is 190 Å². The lowest BCUT2D eigenvalue weighted by Crippen LogP contribution is -2.46. The minimum absolute atomic E-state index is 0.0426. The smallest absolute Gasteiger partial charge is 0.240 e. The molecule has 172 valence electrons. The van der Waals surface area contributed by atoms with Crippen LogP contribution >= 0.6 is 0 Å². The van der Waals surface area contributed by atoms with E-state index in [9.17, 15) is 13.2 Å². The molecule has 0 radical (unpaired) electrons. The Bertz CT molecular complexity index is 982. The van der Waals surface area contributed by atoms with Crippen molar-refractivity contribution in [1.82, 2.24) is 9.62 Å². The third-order valence-electron chi connectivity index (χ3n) is 6.20. The van der Waals surface area contributed by atoms with Crippen molar-refractivity contribution in [3.05, 3.63) is 54.6 Å². The van der Waals surface area contributed by atoms with E-state index in [1.54, 1.807) is 30.3 Å². The average Bonchev–Trinajstić information content (AvgIpc) is 2.82. The van der Waals surface area contributed by atoms with Gasteiger partial charge in [0, 0.05) is 43.6 Å². The summed E-state index contributed by atoms with van der Waals surface area (Å²) in [5.41, 5.74) is 2.02. The van der Waals surface area contributed by atoms with E-state index in [4.69, 9.17) is 0 Å². The second kappa shape index (κ2) is 10.5. The average molecular weight is 457 g/mol. The zero-order valence-electron chi connectivity index (χ0n) is 18.4. The number of nitrogens with zero attached hydrogens (tertiary/aromatic N) is 2. The number of sulfonamides is 1. The first kappa shape index (κ1) is 22.8. The number of amides is 1. The fraction of sp³-hybridized carbons (Fsp3) is 0.458. The fourth-order valence-electron chi connectivity index (χ4n) is 4.41. The summed E-state index contributed by atoms with van der Waals surface area (Å²) in [4.78, 5) is 17.2. The number of piperidine rings is 2. The number of anilines is 2. The van der Waals surface area contributed by atoms with Crippen molar-refractivity contribution in [2.75, 3.05) is 42.9 Å². The second-order valence-corrected chi connectivity index (χ2v) is 10.3. The molecule has 2 saturated heterocycles. The summed E-state index contributed by atoms with van der Waals surface area (Å²) in [7, 11) is -3.50. The normalized spacial score (nSPS) is 18.4. The van der Waals surface area contributed by atoms with E-state index < -0.39 is 10.0 Å². The lowest BCUT2D eigenvalue weighted by molar-refractivity contribution is -0.117. The molecule has 4 rings (SSSR count). The van der Waals surface area contributed by atoms with Crippen LogP contribution in [0.25, 0.3) is 0 Å². The molecule has 2 aromatic carbocycles. The van der Waals surface area contributed by atoms with Gasteiger partial charge in [-0.05, 0) is 68.5 Å². The van der Waals surface area contributed by atoms with Crippen LogP contribution in [0.2, 0.25) is 0 Å². The molecule has 0 unspecified atom stereocenters. The highest BCUT2D eigenvalue weighted by molar-refractivity contribution is 7.89. The van der Waals surface area contributed by atoms with Gasteiger partial charge in [-0.3, -0.25) is 9.69 Å². The van der Waals surface area contributed by atoms with Crippen molar-refractivity contribution in [3.63, 3.8) is 0 Å². The maximum atomic E-state index is 12.5. The Kier molecular flexibility index (Phi) is 7.44. The van der Waals surface area contributed by atoms with Gasteiger partial charge in [0.1, 0.15) is 0 Å². The van der Waals surface area contributed by atoms with Gasteiger partial charge in [0.2, 0.25) is 15.9 Å². The summed E-state index contributed by atoms with van der Waals surface area (Å²) < 4.78 is 27.8. The summed E-state index contributed by atoms with van der Waals surface area (Å²) in [6, 6.07) is 16.4. The minimum Gasteiger partial charge on any atom is -0.372 e. The number of hydrogen-bond acceptors (Lipinski definition) is 5. The van der Waals surface area contributed by atoms with Crippen molar-refractivity contribution in [3.8, 4) is 0 Å². The molecule has 2 aliphatic rings. The van der Waals surface area contributed by atoms with Crippen molar-refractivity contribution >= 4 is 27.3 Å². The molecule has 8 heteroatoms. The number of carbonyl (C=O) groups excluding carboxylic acids is 1. The molecular formula is C24H32N4O3S. The number of likely N-dealkylation sites (tertiary alicyclic amines) is 1. The molecule has 0 saturated carbocycles. The molecule has 2 aromatic rings. The number of hydrogen-bond donors (Lipinski definition) is 2. The summed E-state index contributed by atoms with van der Waals surface area (Å²) in [5, 5.41) is 2.98. The van der Waals surface area contributed by atoms with Gasteiger partial charge in [0.05, 0.1) is 11.4 Å². The standard InChI is InChI=1S/C24H32N4O3S/c29-24(25-20-9-11-22(12-10-20)28-15-5-2-6-16-28)19-27-17-13-21(14-18-27)26-32(30,31)23-7-3-1-4-8-23/h1,3-4,7-12,21,26H,2,5-6,13-19H2,(H,25,29). The fourth-order valence-corrected chi connectivity index (χ4v) is 5.73. The van der Waals surface area contributed by atoms with Crippen LogP contribution < -0.4 is 14.9 Å². The van der Waals surface area contributed by atoms with Gasteiger partial charge < -0.3 is 10.2 Å². The first-order valence-corrected chi connectivity index (χ1v) is 12.9. The number of carbonyl (C=O) groups is 1. The van der Waals surface area contributed by atoms with Gasteiger partial charge in [0.25, 0.3) is 0 Å². The highest BCUT2D eigenvalue weighted by Gasteiger charge is 2.25. The van der Waals surface area contributed by atoms with Gasteiger partial charge in [-0.1, -0.05) is 18.2 Å². The number of rotatable bonds is 7. The molecule has 1 amide bonds. The molecule has 0 bridgehead atoms. The quantitative estimate of drug-likeness (QED) is 0.669. The maximum Gasteiger partial charge on any atom is 0.240 e. The van der Waals surface area contributed by atoms with Crippen molar-refractivity contribution in [2.24, 2.45) is 0 Å². The van der Waals surface area contributed by atoms with Crippen LogP contribution in [-0.2, 0) is 14.8 Å². The summed E-state index contributed by atoms with van der Waals surface area (Å²) in [6.45, 7) is 3.88. The predicted octanol–water partition coefficient (Wildman–Crippen LogP) is 3.06. The molecule has 32 heavy (non-hydrogen) atoms. The van der Waals surface area contributed by atoms with Crippen LogP contribution in [0.3, 0.4) is 0 Å². The molecule has 0 aromatic heterocycles. The highest BCUT2D eigenvalue weighted by atomic mass is 32.2. The molecule has 2 aliphatic heterocycles. The largest absolute Gasteiger partial charge is 0.372 e. The molecule has 2 fully saturated rings.